The van der Waals surface area contributed by atoms with Crippen molar-refractivity contribution in [2.75, 3.05) is 0 Å². The molecule has 0 saturated carbocycles. The molecule has 3 heteroatoms. The highest BCUT2D eigenvalue weighted by Gasteiger charge is 2.43. The molecule has 1 aliphatic carbocycles. The smallest absolute Gasteiger partial charge is 0.219 e. The zero-order valence-electron chi connectivity index (χ0n) is 11.0. The van der Waals surface area contributed by atoms with Gasteiger partial charge in [0.15, 0.2) is 0 Å². The van der Waals surface area contributed by atoms with Gasteiger partial charge in [-0.05, 0) is 17.5 Å². The average Bonchev–Trinajstić information content (AvgIpc) is 2.51. The fourth-order valence-electron chi connectivity index (χ4n) is 2.48. The molecule has 0 radical (unpaired) electrons. The SMILES string of the molecule is O=C1c2ccccc2CC[C@@]1(F)SCc1ccccc1. The van der Waals surface area contributed by atoms with E-state index in [4.69, 9.17) is 0 Å². The number of ketones is 1. The van der Waals surface area contributed by atoms with Crippen molar-refractivity contribution in [3.8, 4) is 0 Å². The van der Waals surface area contributed by atoms with Crippen molar-refractivity contribution in [3.05, 3.63) is 71.3 Å². The lowest BCUT2D eigenvalue weighted by molar-refractivity contribution is 0.0813. The van der Waals surface area contributed by atoms with E-state index in [9.17, 15) is 9.18 Å². The fraction of sp³-hybridized carbons (Fsp3) is 0.235. The van der Waals surface area contributed by atoms with Crippen LogP contribution in [0.25, 0.3) is 0 Å². The van der Waals surface area contributed by atoms with E-state index in [1.807, 2.05) is 42.5 Å². The molecule has 2 aromatic carbocycles. The highest BCUT2D eigenvalue weighted by molar-refractivity contribution is 8.00. The summed E-state index contributed by atoms with van der Waals surface area (Å²) >= 11 is 1.11. The first kappa shape index (κ1) is 13.4. The van der Waals surface area contributed by atoms with Crippen LogP contribution in [-0.4, -0.2) is 10.8 Å². The van der Waals surface area contributed by atoms with Crippen LogP contribution in [0.3, 0.4) is 0 Å². The summed E-state index contributed by atoms with van der Waals surface area (Å²) in [5.41, 5.74) is 2.55. The Hall–Kier alpha value is -1.61. The maximum Gasteiger partial charge on any atom is 0.219 e. The number of benzene rings is 2. The Morgan fingerprint density at radius 2 is 1.75 bits per heavy atom. The van der Waals surface area contributed by atoms with Crippen molar-refractivity contribution in [1.29, 1.82) is 0 Å². The first-order valence-corrected chi connectivity index (χ1v) is 7.67. The largest absolute Gasteiger partial charge is 0.290 e. The van der Waals surface area contributed by atoms with Crippen LogP contribution in [0.2, 0.25) is 0 Å². The van der Waals surface area contributed by atoms with Gasteiger partial charge in [0.1, 0.15) is 0 Å². The number of hydrogen-bond acceptors (Lipinski definition) is 2. The summed E-state index contributed by atoms with van der Waals surface area (Å²) in [6, 6.07) is 17.0. The molecule has 20 heavy (non-hydrogen) atoms. The summed E-state index contributed by atoms with van der Waals surface area (Å²) in [5.74, 6) is 0.144. The van der Waals surface area contributed by atoms with Crippen LogP contribution in [0.15, 0.2) is 54.6 Å². The molecule has 102 valence electrons. The molecule has 0 heterocycles. The number of aryl methyl sites for hydroxylation is 1. The molecule has 0 saturated heterocycles. The minimum absolute atomic E-state index is 0.264. The van der Waals surface area contributed by atoms with Crippen LogP contribution in [0.5, 0.6) is 0 Å². The number of carbonyl (C=O) groups is 1. The van der Waals surface area contributed by atoms with E-state index >= 15 is 0 Å². The number of hydrogen-bond donors (Lipinski definition) is 0. The fourth-order valence-corrected chi connectivity index (χ4v) is 3.55. The van der Waals surface area contributed by atoms with E-state index < -0.39 is 5.00 Å². The minimum Gasteiger partial charge on any atom is -0.290 e. The molecule has 0 bridgehead atoms. The van der Waals surface area contributed by atoms with E-state index in [0.29, 0.717) is 17.7 Å². The van der Waals surface area contributed by atoms with Gasteiger partial charge in [0.05, 0.1) is 0 Å². The normalized spacial score (nSPS) is 21.6. The van der Waals surface area contributed by atoms with Crippen LogP contribution in [0.4, 0.5) is 4.39 Å². The Morgan fingerprint density at radius 1 is 1.05 bits per heavy atom. The lowest BCUT2D eigenvalue weighted by Gasteiger charge is -2.29. The van der Waals surface area contributed by atoms with Gasteiger partial charge in [0.25, 0.3) is 0 Å². The zero-order valence-corrected chi connectivity index (χ0v) is 11.8. The van der Waals surface area contributed by atoms with Gasteiger partial charge >= 0.3 is 0 Å². The lowest BCUT2D eigenvalue weighted by atomic mass is 9.89. The highest BCUT2D eigenvalue weighted by atomic mass is 32.2. The third kappa shape index (κ3) is 2.50. The quantitative estimate of drug-likeness (QED) is 0.831. The standard InChI is InChI=1S/C17H15FOS/c18-17(20-12-13-6-2-1-3-7-13)11-10-14-8-4-5-9-15(14)16(17)19/h1-9H,10-12H2/t17-/m1/s1. The summed E-state index contributed by atoms with van der Waals surface area (Å²) in [5, 5.41) is -1.79. The Bertz CT molecular complexity index is 626. The second kappa shape index (κ2) is 5.41. The third-order valence-corrected chi connectivity index (χ3v) is 4.95. The summed E-state index contributed by atoms with van der Waals surface area (Å²) in [4.78, 5) is 12.4. The number of fused-ring (bicyclic) bond motifs is 1. The number of halogens is 1. The molecule has 0 aromatic heterocycles. The summed E-state index contributed by atoms with van der Waals surface area (Å²) in [6.07, 6.45) is 0.889. The summed E-state index contributed by atoms with van der Waals surface area (Å²) in [6.45, 7) is 0. The summed E-state index contributed by atoms with van der Waals surface area (Å²) in [7, 11) is 0. The molecule has 1 atom stereocenters. The Kier molecular flexibility index (Phi) is 3.62. The minimum atomic E-state index is -1.79. The van der Waals surface area contributed by atoms with Crippen molar-refractivity contribution in [1.82, 2.24) is 0 Å². The molecule has 0 unspecified atom stereocenters. The summed E-state index contributed by atoms with van der Waals surface area (Å²) < 4.78 is 14.9. The second-order valence-corrected chi connectivity index (χ2v) is 6.21. The predicted octanol–water partition coefficient (Wildman–Crippen LogP) is 4.41. The monoisotopic (exact) mass is 286 g/mol. The molecule has 0 spiro atoms. The van der Waals surface area contributed by atoms with Crippen LogP contribution in [-0.2, 0) is 12.2 Å². The Morgan fingerprint density at radius 3 is 2.55 bits per heavy atom. The maximum absolute atomic E-state index is 14.9. The van der Waals surface area contributed by atoms with Gasteiger partial charge in [0, 0.05) is 17.7 Å². The van der Waals surface area contributed by atoms with Gasteiger partial charge in [-0.2, -0.15) is 0 Å². The predicted molar refractivity (Wildman–Crippen MR) is 80.7 cm³/mol. The molecule has 0 N–H and O–H groups in total. The second-order valence-electron chi connectivity index (χ2n) is 4.99. The van der Waals surface area contributed by atoms with Crippen LogP contribution < -0.4 is 0 Å². The van der Waals surface area contributed by atoms with Crippen molar-refractivity contribution in [3.63, 3.8) is 0 Å². The molecule has 2 aromatic rings. The van der Waals surface area contributed by atoms with E-state index in [0.717, 1.165) is 22.9 Å². The maximum atomic E-state index is 14.9. The van der Waals surface area contributed by atoms with Gasteiger partial charge in [-0.1, -0.05) is 54.6 Å². The highest BCUT2D eigenvalue weighted by Crippen LogP contribution is 2.41. The molecule has 1 nitrogen and oxygen atoms in total. The van der Waals surface area contributed by atoms with Crippen LogP contribution in [0, 0.1) is 0 Å². The third-order valence-electron chi connectivity index (χ3n) is 3.63. The Balaban J connectivity index is 1.78. The zero-order chi connectivity index (χ0) is 14.0. The van der Waals surface area contributed by atoms with E-state index in [-0.39, 0.29) is 12.2 Å². The van der Waals surface area contributed by atoms with Gasteiger partial charge in [-0.3, -0.25) is 4.79 Å². The van der Waals surface area contributed by atoms with E-state index in [2.05, 4.69) is 0 Å². The van der Waals surface area contributed by atoms with Crippen molar-refractivity contribution < 1.29 is 9.18 Å². The van der Waals surface area contributed by atoms with Gasteiger partial charge in [0.2, 0.25) is 10.8 Å². The number of carbonyl (C=O) groups excluding carboxylic acids is 1. The van der Waals surface area contributed by atoms with E-state index in [1.54, 1.807) is 12.1 Å². The lowest BCUT2D eigenvalue weighted by Crippen LogP contribution is -2.35. The molecule has 1 aliphatic rings. The molecule has 0 amide bonds. The van der Waals surface area contributed by atoms with Crippen molar-refractivity contribution in [2.24, 2.45) is 0 Å². The molecule has 0 fully saturated rings. The Labute approximate surface area is 122 Å². The molecular formula is C17H15FOS. The van der Waals surface area contributed by atoms with Crippen molar-refractivity contribution >= 4 is 17.5 Å². The van der Waals surface area contributed by atoms with Crippen LogP contribution >= 0.6 is 11.8 Å². The first-order valence-electron chi connectivity index (χ1n) is 6.68. The molecular weight excluding hydrogens is 271 g/mol. The van der Waals surface area contributed by atoms with Crippen molar-refractivity contribution in [2.45, 2.75) is 23.6 Å². The van der Waals surface area contributed by atoms with Gasteiger partial charge in [-0.25, -0.2) is 4.39 Å². The van der Waals surface area contributed by atoms with Gasteiger partial charge in [-0.15, -0.1) is 11.8 Å². The number of alkyl halides is 1. The number of rotatable bonds is 3. The van der Waals surface area contributed by atoms with Gasteiger partial charge < -0.3 is 0 Å². The topological polar surface area (TPSA) is 17.1 Å². The van der Waals surface area contributed by atoms with E-state index in [1.165, 1.54) is 0 Å². The average molecular weight is 286 g/mol. The molecule has 3 rings (SSSR count). The number of thioether (sulfide) groups is 1. The van der Waals surface area contributed by atoms with Crippen LogP contribution in [0.1, 0.15) is 27.9 Å². The first-order chi connectivity index (χ1) is 9.69. The number of Topliss-reactive ketones (excluding diaryl/α,β-unsaturated/α-hetero) is 1. The molecule has 0 aliphatic heterocycles.